The van der Waals surface area contributed by atoms with Crippen LogP contribution in [0.5, 0.6) is 0 Å². The summed E-state index contributed by atoms with van der Waals surface area (Å²) >= 11 is 5.94. The van der Waals surface area contributed by atoms with Gasteiger partial charge in [0, 0.05) is 62.4 Å². The fraction of sp³-hybridized carbons (Fsp3) is 0.412. The van der Waals surface area contributed by atoms with E-state index in [1.165, 1.54) is 5.69 Å². The van der Waals surface area contributed by atoms with E-state index < -0.39 is 0 Å². The number of guanidine groups is 1. The molecule has 0 saturated carbocycles. The molecule has 2 aromatic rings. The number of piperazine rings is 1. The molecule has 7 heteroatoms. The Hall–Kier alpha value is -2.21. The van der Waals surface area contributed by atoms with Crippen LogP contribution in [0.25, 0.3) is 0 Å². The van der Waals surface area contributed by atoms with Gasteiger partial charge in [-0.2, -0.15) is 0 Å². The first-order valence-electron chi connectivity index (χ1n) is 8.23. The third-order valence-corrected chi connectivity index (χ3v) is 4.45. The van der Waals surface area contributed by atoms with Gasteiger partial charge in [-0.3, -0.25) is 4.99 Å². The molecule has 2 N–H and O–H groups in total. The van der Waals surface area contributed by atoms with E-state index >= 15 is 0 Å². The average Bonchev–Trinajstić information content (AvgIpc) is 3.13. The molecule has 0 atom stereocenters. The average molecular weight is 347 g/mol. The Kier molecular flexibility index (Phi) is 5.59. The number of rotatable bonds is 5. The van der Waals surface area contributed by atoms with Crippen LogP contribution in [0.3, 0.4) is 0 Å². The van der Waals surface area contributed by atoms with Crippen LogP contribution in [-0.2, 0) is 6.54 Å². The molecule has 0 bridgehead atoms. The number of imidazole rings is 1. The van der Waals surface area contributed by atoms with E-state index in [4.69, 9.17) is 17.3 Å². The van der Waals surface area contributed by atoms with E-state index in [-0.39, 0.29) is 0 Å². The zero-order valence-electron chi connectivity index (χ0n) is 13.7. The quantitative estimate of drug-likeness (QED) is 0.511. The zero-order valence-corrected chi connectivity index (χ0v) is 14.4. The summed E-state index contributed by atoms with van der Waals surface area (Å²) in [5.41, 5.74) is 7.34. The number of aliphatic imine (C=N–C) groups is 1. The fourth-order valence-electron chi connectivity index (χ4n) is 2.81. The van der Waals surface area contributed by atoms with E-state index in [1.54, 1.807) is 6.20 Å². The van der Waals surface area contributed by atoms with Crippen molar-refractivity contribution in [1.29, 1.82) is 0 Å². The highest BCUT2D eigenvalue weighted by atomic mass is 35.5. The first kappa shape index (κ1) is 16.6. The first-order chi connectivity index (χ1) is 11.7. The van der Waals surface area contributed by atoms with Crippen molar-refractivity contribution in [3.8, 4) is 0 Å². The highest BCUT2D eigenvalue weighted by Crippen LogP contribution is 2.19. The largest absolute Gasteiger partial charge is 0.370 e. The van der Waals surface area contributed by atoms with Crippen molar-refractivity contribution in [2.45, 2.75) is 13.0 Å². The summed E-state index contributed by atoms with van der Waals surface area (Å²) in [6.07, 6.45) is 6.53. The highest BCUT2D eigenvalue weighted by molar-refractivity contribution is 6.30. The van der Waals surface area contributed by atoms with Crippen molar-refractivity contribution in [3.63, 3.8) is 0 Å². The molecule has 0 aliphatic carbocycles. The molecule has 1 saturated heterocycles. The number of hydrogen-bond donors (Lipinski definition) is 1. The number of anilines is 1. The Morgan fingerprint density at radius 1 is 1.17 bits per heavy atom. The maximum Gasteiger partial charge on any atom is 0.191 e. The molecule has 1 fully saturated rings. The number of hydrogen-bond acceptors (Lipinski definition) is 3. The van der Waals surface area contributed by atoms with Crippen LogP contribution in [-0.4, -0.2) is 53.1 Å². The van der Waals surface area contributed by atoms with E-state index in [9.17, 15) is 0 Å². The predicted octanol–water partition coefficient (Wildman–Crippen LogP) is 2.06. The summed E-state index contributed by atoms with van der Waals surface area (Å²) in [6.45, 7) is 5.31. The smallest absolute Gasteiger partial charge is 0.191 e. The normalized spacial score (nSPS) is 15.8. The third kappa shape index (κ3) is 4.41. The van der Waals surface area contributed by atoms with Gasteiger partial charge in [-0.1, -0.05) is 11.6 Å². The second kappa shape index (κ2) is 8.06. The number of nitrogens with zero attached hydrogens (tertiary/aromatic N) is 5. The maximum atomic E-state index is 6.13. The summed E-state index contributed by atoms with van der Waals surface area (Å²) < 4.78 is 2.05. The molecular formula is C17H23ClN6. The monoisotopic (exact) mass is 346 g/mol. The Labute approximate surface area is 147 Å². The first-order valence-corrected chi connectivity index (χ1v) is 8.61. The van der Waals surface area contributed by atoms with Crippen molar-refractivity contribution in [3.05, 3.63) is 48.0 Å². The minimum atomic E-state index is 0.649. The van der Waals surface area contributed by atoms with Gasteiger partial charge in [0.15, 0.2) is 5.96 Å². The summed E-state index contributed by atoms with van der Waals surface area (Å²) in [4.78, 5) is 13.0. The lowest BCUT2D eigenvalue weighted by Crippen LogP contribution is -2.51. The minimum Gasteiger partial charge on any atom is -0.370 e. The molecule has 0 radical (unpaired) electrons. The molecule has 0 amide bonds. The Morgan fingerprint density at radius 2 is 1.92 bits per heavy atom. The molecule has 0 spiro atoms. The summed E-state index contributed by atoms with van der Waals surface area (Å²) in [6, 6.07) is 7.98. The van der Waals surface area contributed by atoms with E-state index in [0.29, 0.717) is 5.96 Å². The predicted molar refractivity (Wildman–Crippen MR) is 98.6 cm³/mol. The summed E-state index contributed by atoms with van der Waals surface area (Å²) in [5, 5.41) is 0.768. The Balaban J connectivity index is 1.43. The molecule has 1 aromatic carbocycles. The van der Waals surface area contributed by atoms with Crippen molar-refractivity contribution < 1.29 is 0 Å². The molecule has 0 unspecified atom stereocenters. The Morgan fingerprint density at radius 3 is 2.58 bits per heavy atom. The van der Waals surface area contributed by atoms with Gasteiger partial charge in [0.05, 0.1) is 6.33 Å². The van der Waals surface area contributed by atoms with Crippen LogP contribution in [0.15, 0.2) is 48.0 Å². The lowest BCUT2D eigenvalue weighted by Gasteiger charge is -2.36. The van der Waals surface area contributed by atoms with Crippen LogP contribution in [0.4, 0.5) is 5.69 Å². The van der Waals surface area contributed by atoms with E-state index in [0.717, 1.165) is 50.7 Å². The van der Waals surface area contributed by atoms with Gasteiger partial charge in [-0.05, 0) is 30.7 Å². The Bertz CT molecular complexity index is 644. The third-order valence-electron chi connectivity index (χ3n) is 4.20. The summed E-state index contributed by atoms with van der Waals surface area (Å²) in [7, 11) is 0. The molecule has 128 valence electrons. The molecule has 3 rings (SSSR count). The van der Waals surface area contributed by atoms with Crippen LogP contribution < -0.4 is 10.6 Å². The molecular weight excluding hydrogens is 324 g/mol. The lowest BCUT2D eigenvalue weighted by molar-refractivity contribution is 0.380. The van der Waals surface area contributed by atoms with E-state index in [1.807, 2.05) is 24.7 Å². The maximum absolute atomic E-state index is 6.13. The second-order valence-corrected chi connectivity index (χ2v) is 6.28. The lowest BCUT2D eigenvalue weighted by atomic mass is 10.2. The standard InChI is InChI=1S/C17H23ClN6/c18-15-2-4-16(5-3-15)23-10-12-24(13-11-23)17(19)21-6-1-8-22-9-7-20-14-22/h2-5,7,9,14H,1,6,8,10-13H2,(H2,19,21). The van der Waals surface area contributed by atoms with Crippen LogP contribution in [0, 0.1) is 0 Å². The second-order valence-electron chi connectivity index (χ2n) is 5.84. The van der Waals surface area contributed by atoms with Gasteiger partial charge in [-0.15, -0.1) is 0 Å². The number of nitrogens with two attached hydrogens (primary N) is 1. The number of halogens is 1. The SMILES string of the molecule is NC(=NCCCn1ccnc1)N1CCN(c2ccc(Cl)cc2)CC1. The van der Waals surface area contributed by atoms with Crippen molar-refractivity contribution in [2.24, 2.45) is 10.7 Å². The van der Waals surface area contributed by atoms with Crippen molar-refractivity contribution in [1.82, 2.24) is 14.5 Å². The topological polar surface area (TPSA) is 62.7 Å². The molecule has 1 aliphatic rings. The molecule has 1 aliphatic heterocycles. The fourth-order valence-corrected chi connectivity index (χ4v) is 2.94. The zero-order chi connectivity index (χ0) is 16.8. The number of benzene rings is 1. The minimum absolute atomic E-state index is 0.649. The molecule has 6 nitrogen and oxygen atoms in total. The van der Waals surface area contributed by atoms with Gasteiger partial charge in [0.1, 0.15) is 0 Å². The van der Waals surface area contributed by atoms with Crippen LogP contribution in [0.2, 0.25) is 5.02 Å². The highest BCUT2D eigenvalue weighted by Gasteiger charge is 2.18. The van der Waals surface area contributed by atoms with Gasteiger partial charge < -0.3 is 20.1 Å². The van der Waals surface area contributed by atoms with Gasteiger partial charge in [0.25, 0.3) is 0 Å². The van der Waals surface area contributed by atoms with Gasteiger partial charge >= 0.3 is 0 Å². The van der Waals surface area contributed by atoms with Crippen molar-refractivity contribution in [2.75, 3.05) is 37.6 Å². The van der Waals surface area contributed by atoms with Crippen molar-refractivity contribution >= 4 is 23.2 Å². The van der Waals surface area contributed by atoms with Crippen LogP contribution in [0.1, 0.15) is 6.42 Å². The number of aryl methyl sites for hydroxylation is 1. The van der Waals surface area contributed by atoms with Gasteiger partial charge in [0.2, 0.25) is 0 Å². The van der Waals surface area contributed by atoms with Gasteiger partial charge in [-0.25, -0.2) is 4.98 Å². The number of aromatic nitrogens is 2. The summed E-state index contributed by atoms with van der Waals surface area (Å²) in [5.74, 6) is 0.649. The molecule has 1 aromatic heterocycles. The molecule has 24 heavy (non-hydrogen) atoms. The molecule has 2 heterocycles. The van der Waals surface area contributed by atoms with Crippen LogP contribution >= 0.6 is 11.6 Å². The van der Waals surface area contributed by atoms with E-state index in [2.05, 4.69) is 36.5 Å².